The monoisotopic (exact) mass is 633 g/mol. The number of sulfonamides is 1. The van der Waals surface area contributed by atoms with Crippen molar-refractivity contribution in [3.63, 3.8) is 0 Å². The van der Waals surface area contributed by atoms with E-state index in [-0.39, 0.29) is 35.8 Å². The first kappa shape index (κ1) is 30.2. The van der Waals surface area contributed by atoms with E-state index in [0.29, 0.717) is 36.5 Å². The van der Waals surface area contributed by atoms with Gasteiger partial charge in [0.25, 0.3) is 10.0 Å². The summed E-state index contributed by atoms with van der Waals surface area (Å²) in [4.78, 5) is 11.9. The smallest absolute Gasteiger partial charge is 0.416 e. The highest BCUT2D eigenvalue weighted by atomic mass is 32.2. The first-order valence-corrected chi connectivity index (χ1v) is 15.8. The number of rotatable bonds is 7. The fourth-order valence-corrected chi connectivity index (χ4v) is 8.61. The molecule has 3 unspecified atom stereocenters. The molecule has 6 rings (SSSR count). The number of carboxylic acid groups (broad SMARTS) is 1. The second kappa shape index (κ2) is 10.7. The zero-order valence-electron chi connectivity index (χ0n) is 24.0. The normalized spacial score (nSPS) is 24.7. The largest absolute Gasteiger partial charge is 0.491 e. The first-order valence-electron chi connectivity index (χ1n) is 14.4. The van der Waals surface area contributed by atoms with Crippen LogP contribution in [0.3, 0.4) is 0 Å². The molecule has 1 heterocycles. The second-order valence-corrected chi connectivity index (χ2v) is 14.0. The number of nitrogens with zero attached hydrogens (tertiary/aromatic N) is 1. The number of hydrogen-bond acceptors (Lipinski definition) is 5. The maximum absolute atomic E-state index is 14.6. The minimum atomic E-state index is -4.77. The van der Waals surface area contributed by atoms with Crippen LogP contribution in [-0.4, -0.2) is 38.2 Å². The lowest BCUT2D eigenvalue weighted by molar-refractivity contribution is -0.153. The number of hydrogen-bond donors (Lipinski definition) is 1. The maximum atomic E-state index is 14.6. The van der Waals surface area contributed by atoms with Crippen LogP contribution in [0, 0.1) is 23.1 Å². The number of carbonyl (C=O) groups is 1. The molecule has 0 amide bonds. The molecule has 1 N–H and O–H groups in total. The third-order valence-corrected chi connectivity index (χ3v) is 10.8. The molecule has 234 valence electrons. The van der Waals surface area contributed by atoms with Crippen LogP contribution in [0.25, 0.3) is 11.1 Å². The zero-order valence-corrected chi connectivity index (χ0v) is 24.8. The number of benzene rings is 3. The number of ether oxygens (including phenoxy) is 2. The number of aliphatic carboxylic acids is 1. The molecule has 3 aromatic rings. The van der Waals surface area contributed by atoms with Gasteiger partial charge < -0.3 is 14.6 Å². The molecule has 0 radical (unpaired) electrons. The van der Waals surface area contributed by atoms with Crippen LogP contribution in [0.5, 0.6) is 11.5 Å². The molecule has 2 aliphatic carbocycles. The Labute approximate surface area is 252 Å². The van der Waals surface area contributed by atoms with Crippen molar-refractivity contribution in [1.82, 2.24) is 0 Å². The van der Waals surface area contributed by atoms with Crippen molar-refractivity contribution >= 4 is 21.7 Å². The van der Waals surface area contributed by atoms with E-state index in [1.807, 2.05) is 0 Å². The fraction of sp³-hybridized carbons (Fsp3) is 0.406. The van der Waals surface area contributed by atoms with E-state index in [0.717, 1.165) is 28.9 Å². The third kappa shape index (κ3) is 5.27. The maximum Gasteiger partial charge on any atom is 0.416 e. The highest BCUT2D eigenvalue weighted by Crippen LogP contribution is 2.60. The van der Waals surface area contributed by atoms with Crippen LogP contribution in [0.4, 0.5) is 23.2 Å². The predicted octanol–water partition coefficient (Wildman–Crippen LogP) is 7.15. The summed E-state index contributed by atoms with van der Waals surface area (Å²) in [6, 6.07) is 12.2. The lowest BCUT2D eigenvalue weighted by atomic mass is 9.72. The van der Waals surface area contributed by atoms with E-state index in [1.54, 1.807) is 26.0 Å². The van der Waals surface area contributed by atoms with E-state index in [4.69, 9.17) is 9.47 Å². The molecule has 2 saturated carbocycles. The highest BCUT2D eigenvalue weighted by Gasteiger charge is 2.60. The van der Waals surface area contributed by atoms with Crippen molar-refractivity contribution in [2.24, 2.45) is 17.3 Å². The topological polar surface area (TPSA) is 93.1 Å². The minimum Gasteiger partial charge on any atom is -0.491 e. The summed E-state index contributed by atoms with van der Waals surface area (Å²) in [6.07, 6.45) is -3.62. The fourth-order valence-electron chi connectivity index (χ4n) is 7.08. The number of fused-ring (bicyclic) bond motifs is 3. The van der Waals surface area contributed by atoms with Gasteiger partial charge in [0.1, 0.15) is 23.4 Å². The van der Waals surface area contributed by atoms with Gasteiger partial charge in [-0.2, -0.15) is 13.2 Å². The molecule has 0 saturated heterocycles. The molecule has 12 heteroatoms. The van der Waals surface area contributed by atoms with E-state index in [1.165, 1.54) is 24.3 Å². The molecule has 4 atom stereocenters. The Morgan fingerprint density at radius 3 is 2.55 bits per heavy atom. The van der Waals surface area contributed by atoms with Gasteiger partial charge in [0, 0.05) is 12.0 Å². The number of alkyl halides is 3. The highest BCUT2D eigenvalue weighted by molar-refractivity contribution is 7.92. The average Bonchev–Trinajstić information content (AvgIpc) is 3.56. The van der Waals surface area contributed by atoms with Crippen LogP contribution in [-0.2, 0) is 21.0 Å². The molecule has 2 bridgehead atoms. The first-order chi connectivity index (χ1) is 20.7. The molecule has 7 nitrogen and oxygen atoms in total. The van der Waals surface area contributed by atoms with Gasteiger partial charge in [-0.15, -0.1) is 0 Å². The SMILES string of the molecule is CC(C)Oc1cc(F)cc(-c2ccc3c(c2)N(S(=O)(=O)c2cccc(C(F)(F)F)c2)C[C@H](C2CC4CCC2(C(=O)O)C4)O3)c1. The van der Waals surface area contributed by atoms with Gasteiger partial charge in [-0.3, -0.25) is 9.10 Å². The van der Waals surface area contributed by atoms with Crippen molar-refractivity contribution in [3.8, 4) is 22.6 Å². The molecule has 1 aliphatic heterocycles. The summed E-state index contributed by atoms with van der Waals surface area (Å²) in [6.45, 7) is 3.28. The van der Waals surface area contributed by atoms with Gasteiger partial charge in [0.05, 0.1) is 34.2 Å². The van der Waals surface area contributed by atoms with Crippen LogP contribution in [0.1, 0.15) is 45.1 Å². The van der Waals surface area contributed by atoms with Crippen LogP contribution in [0.15, 0.2) is 65.6 Å². The van der Waals surface area contributed by atoms with Crippen molar-refractivity contribution in [3.05, 3.63) is 72.0 Å². The molecule has 0 aromatic heterocycles. The van der Waals surface area contributed by atoms with Crippen LogP contribution >= 0.6 is 0 Å². The number of anilines is 1. The van der Waals surface area contributed by atoms with E-state index in [9.17, 15) is 35.9 Å². The quantitative estimate of drug-likeness (QED) is 0.278. The Kier molecular flexibility index (Phi) is 7.34. The number of carboxylic acids is 1. The van der Waals surface area contributed by atoms with Crippen molar-refractivity contribution in [2.45, 2.75) is 62.8 Å². The molecule has 0 spiro atoms. The summed E-state index contributed by atoms with van der Waals surface area (Å²) in [7, 11) is -4.60. The van der Waals surface area contributed by atoms with Gasteiger partial charge in [-0.25, -0.2) is 12.8 Å². The molecule has 44 heavy (non-hydrogen) atoms. The summed E-state index contributed by atoms with van der Waals surface area (Å²) in [5.74, 6) is -1.44. The predicted molar refractivity (Wildman–Crippen MR) is 154 cm³/mol. The van der Waals surface area contributed by atoms with Gasteiger partial charge in [0.2, 0.25) is 0 Å². The third-order valence-electron chi connectivity index (χ3n) is 9.00. The van der Waals surface area contributed by atoms with Gasteiger partial charge in [0.15, 0.2) is 0 Å². The van der Waals surface area contributed by atoms with Crippen molar-refractivity contribution in [2.75, 3.05) is 10.8 Å². The minimum absolute atomic E-state index is 0.0549. The zero-order chi connectivity index (χ0) is 31.6. The van der Waals surface area contributed by atoms with Crippen molar-refractivity contribution < 1.29 is 45.4 Å². The Bertz CT molecular complexity index is 1730. The lowest BCUT2D eigenvalue weighted by Crippen LogP contribution is -2.51. The standard InChI is InChI=1S/C32H31F4NO6S/c1-18(2)42-24-12-21(11-23(33)15-24)20-6-7-28-27(13-20)37(44(40,41)25-5-3-4-22(14-25)32(34,35)36)17-29(43-28)26-10-19-8-9-31(26,16-19)30(38)39/h3-7,11-15,18-19,26,29H,8-10,16-17H2,1-2H3,(H,38,39)/t19?,26?,29-,31?/m1/s1. The average molecular weight is 634 g/mol. The summed E-state index contributed by atoms with van der Waals surface area (Å²) >= 11 is 0. The van der Waals surface area contributed by atoms with Gasteiger partial charge in [-0.1, -0.05) is 12.1 Å². The number of halogens is 4. The molecule has 2 fully saturated rings. The Morgan fingerprint density at radius 1 is 1.09 bits per heavy atom. The lowest BCUT2D eigenvalue weighted by Gasteiger charge is -2.42. The van der Waals surface area contributed by atoms with Crippen molar-refractivity contribution in [1.29, 1.82) is 0 Å². The Hall–Kier alpha value is -3.80. The summed E-state index contributed by atoms with van der Waals surface area (Å²) in [5.41, 5.74) is -1.32. The molecular weight excluding hydrogens is 602 g/mol. The van der Waals surface area contributed by atoms with Crippen LogP contribution < -0.4 is 13.8 Å². The summed E-state index contributed by atoms with van der Waals surface area (Å²) in [5, 5.41) is 10.2. The van der Waals surface area contributed by atoms with E-state index >= 15 is 0 Å². The van der Waals surface area contributed by atoms with E-state index < -0.39 is 55.9 Å². The summed E-state index contributed by atoms with van der Waals surface area (Å²) < 4.78 is 96.6. The van der Waals surface area contributed by atoms with Gasteiger partial charge >= 0.3 is 12.1 Å². The Balaban J connectivity index is 1.46. The van der Waals surface area contributed by atoms with Crippen LogP contribution in [0.2, 0.25) is 0 Å². The van der Waals surface area contributed by atoms with E-state index in [2.05, 4.69) is 0 Å². The molecule has 3 aromatic carbocycles. The molecular formula is C32H31F4NO6S. The molecule has 3 aliphatic rings. The Morgan fingerprint density at radius 2 is 1.86 bits per heavy atom. The van der Waals surface area contributed by atoms with Gasteiger partial charge in [-0.05, 0) is 99.0 Å². The second-order valence-electron chi connectivity index (χ2n) is 12.2.